The summed E-state index contributed by atoms with van der Waals surface area (Å²) in [6.07, 6.45) is 0. The molecule has 21 heavy (non-hydrogen) atoms. The quantitative estimate of drug-likeness (QED) is 0.741. The molecular weight excluding hydrogens is 400 g/mol. The number of amides is 2. The van der Waals surface area contributed by atoms with Crippen LogP contribution in [0, 0.1) is 6.92 Å². The fourth-order valence-electron chi connectivity index (χ4n) is 1.74. The summed E-state index contributed by atoms with van der Waals surface area (Å²) in [5.41, 5.74) is 6.59. The van der Waals surface area contributed by atoms with Crippen molar-refractivity contribution in [3.05, 3.63) is 68.1 Å². The highest BCUT2D eigenvalue weighted by Crippen LogP contribution is 2.15. The number of rotatable bonds is 2. The smallest absolute Gasteiger partial charge is 0.267 e. The standard InChI is InChI=1S/C15H12Br2N2O2/c1-9-8-12(17)6-7-13(9)15(21)19-18-14(20)10-2-4-11(16)5-3-10/h2-8H,1H3,(H,18,20)(H,19,21). The molecule has 2 amide bonds. The van der Waals surface area contributed by atoms with Gasteiger partial charge in [0.05, 0.1) is 0 Å². The van der Waals surface area contributed by atoms with Crippen LogP contribution in [0.25, 0.3) is 0 Å². The van der Waals surface area contributed by atoms with Gasteiger partial charge in [0, 0.05) is 20.1 Å². The van der Waals surface area contributed by atoms with Crippen LogP contribution in [0.1, 0.15) is 26.3 Å². The minimum atomic E-state index is -0.370. The Hall–Kier alpha value is -1.66. The lowest BCUT2D eigenvalue weighted by atomic mass is 10.1. The van der Waals surface area contributed by atoms with Gasteiger partial charge >= 0.3 is 0 Å². The lowest BCUT2D eigenvalue weighted by Gasteiger charge is -2.09. The molecule has 4 nitrogen and oxygen atoms in total. The third-order valence-corrected chi connectivity index (χ3v) is 3.85. The van der Waals surface area contributed by atoms with Crippen molar-refractivity contribution in [1.29, 1.82) is 0 Å². The van der Waals surface area contributed by atoms with Crippen LogP contribution in [0.15, 0.2) is 51.4 Å². The van der Waals surface area contributed by atoms with Crippen molar-refractivity contribution >= 4 is 43.7 Å². The highest BCUT2D eigenvalue weighted by molar-refractivity contribution is 9.10. The molecule has 0 fully saturated rings. The predicted octanol–water partition coefficient (Wildman–Crippen LogP) is 3.59. The van der Waals surface area contributed by atoms with Crippen LogP contribution < -0.4 is 10.9 Å². The SMILES string of the molecule is Cc1cc(Br)ccc1C(=O)NNC(=O)c1ccc(Br)cc1. The molecule has 0 unspecified atom stereocenters. The molecule has 0 spiro atoms. The van der Waals surface area contributed by atoms with Gasteiger partial charge in [0.15, 0.2) is 0 Å². The predicted molar refractivity (Wildman–Crippen MR) is 88.0 cm³/mol. The van der Waals surface area contributed by atoms with Gasteiger partial charge in [0.25, 0.3) is 11.8 Å². The summed E-state index contributed by atoms with van der Waals surface area (Å²) in [5.74, 6) is -0.726. The number of nitrogens with one attached hydrogen (secondary N) is 2. The summed E-state index contributed by atoms with van der Waals surface area (Å²) in [7, 11) is 0. The van der Waals surface area contributed by atoms with Crippen LogP contribution in [-0.2, 0) is 0 Å². The van der Waals surface area contributed by atoms with E-state index in [1.54, 1.807) is 36.4 Å². The minimum absolute atomic E-state index is 0.356. The van der Waals surface area contributed by atoms with E-state index in [1.807, 2.05) is 13.0 Å². The number of hydrogen-bond acceptors (Lipinski definition) is 2. The molecule has 2 N–H and O–H groups in total. The summed E-state index contributed by atoms with van der Waals surface area (Å²) in [6.45, 7) is 1.83. The molecule has 108 valence electrons. The van der Waals surface area contributed by atoms with Gasteiger partial charge in [-0.3, -0.25) is 20.4 Å². The van der Waals surface area contributed by atoms with Gasteiger partial charge in [-0.1, -0.05) is 31.9 Å². The molecule has 0 radical (unpaired) electrons. The van der Waals surface area contributed by atoms with Gasteiger partial charge in [-0.2, -0.15) is 0 Å². The molecule has 0 bridgehead atoms. The van der Waals surface area contributed by atoms with Gasteiger partial charge in [-0.15, -0.1) is 0 Å². The van der Waals surface area contributed by atoms with Crippen molar-refractivity contribution in [3.63, 3.8) is 0 Å². The Morgan fingerprint density at radius 3 is 2.05 bits per heavy atom. The maximum absolute atomic E-state index is 12.0. The highest BCUT2D eigenvalue weighted by atomic mass is 79.9. The Kier molecular flexibility index (Phi) is 5.14. The molecule has 0 saturated carbocycles. The van der Waals surface area contributed by atoms with Crippen LogP contribution in [0.2, 0.25) is 0 Å². The molecule has 0 aliphatic rings. The topological polar surface area (TPSA) is 58.2 Å². The average Bonchev–Trinajstić information content (AvgIpc) is 2.45. The number of hydrazine groups is 1. The van der Waals surface area contributed by atoms with E-state index in [0.29, 0.717) is 11.1 Å². The van der Waals surface area contributed by atoms with Gasteiger partial charge in [-0.05, 0) is 55.0 Å². The van der Waals surface area contributed by atoms with Crippen LogP contribution in [-0.4, -0.2) is 11.8 Å². The Balaban J connectivity index is 2.00. The maximum atomic E-state index is 12.0. The second-order valence-corrected chi connectivity index (χ2v) is 6.21. The molecule has 0 aliphatic carbocycles. The lowest BCUT2D eigenvalue weighted by Crippen LogP contribution is -2.41. The minimum Gasteiger partial charge on any atom is -0.267 e. The molecule has 2 aromatic rings. The maximum Gasteiger partial charge on any atom is 0.269 e. The molecule has 0 aromatic heterocycles. The summed E-state index contributed by atoms with van der Waals surface area (Å²) >= 11 is 6.63. The zero-order chi connectivity index (χ0) is 15.4. The number of benzene rings is 2. The third kappa shape index (κ3) is 4.15. The zero-order valence-electron chi connectivity index (χ0n) is 11.1. The van der Waals surface area contributed by atoms with Crippen molar-refractivity contribution in [1.82, 2.24) is 10.9 Å². The van der Waals surface area contributed by atoms with E-state index in [1.165, 1.54) is 0 Å². The first-order chi connectivity index (χ1) is 9.97. The Labute approximate surface area is 139 Å². The van der Waals surface area contributed by atoms with E-state index in [9.17, 15) is 9.59 Å². The first-order valence-corrected chi connectivity index (χ1v) is 7.68. The first-order valence-electron chi connectivity index (χ1n) is 6.10. The van der Waals surface area contributed by atoms with Gasteiger partial charge < -0.3 is 0 Å². The summed E-state index contributed by atoms with van der Waals surface area (Å²) < 4.78 is 1.78. The second-order valence-electron chi connectivity index (χ2n) is 4.37. The number of carbonyl (C=O) groups excluding carboxylic acids is 2. The highest BCUT2D eigenvalue weighted by Gasteiger charge is 2.11. The van der Waals surface area contributed by atoms with E-state index in [4.69, 9.17) is 0 Å². The number of hydrogen-bond donors (Lipinski definition) is 2. The number of carbonyl (C=O) groups is 2. The summed E-state index contributed by atoms with van der Waals surface area (Å²) in [4.78, 5) is 23.9. The summed E-state index contributed by atoms with van der Waals surface area (Å²) in [6, 6.07) is 12.2. The zero-order valence-corrected chi connectivity index (χ0v) is 14.3. The van der Waals surface area contributed by atoms with Crippen LogP contribution in [0.5, 0.6) is 0 Å². The fraction of sp³-hybridized carbons (Fsp3) is 0.0667. The summed E-state index contributed by atoms with van der Waals surface area (Å²) in [5, 5.41) is 0. The Bertz CT molecular complexity index is 685. The van der Waals surface area contributed by atoms with Crippen molar-refractivity contribution in [2.75, 3.05) is 0 Å². The van der Waals surface area contributed by atoms with E-state index in [-0.39, 0.29) is 11.8 Å². The molecule has 6 heteroatoms. The monoisotopic (exact) mass is 410 g/mol. The Morgan fingerprint density at radius 1 is 0.857 bits per heavy atom. The molecule has 0 atom stereocenters. The van der Waals surface area contributed by atoms with Crippen molar-refractivity contribution in [2.45, 2.75) is 6.92 Å². The molecule has 2 rings (SSSR count). The Morgan fingerprint density at radius 2 is 1.43 bits per heavy atom. The van der Waals surface area contributed by atoms with Crippen molar-refractivity contribution in [2.24, 2.45) is 0 Å². The van der Waals surface area contributed by atoms with Gasteiger partial charge in [-0.25, -0.2) is 0 Å². The lowest BCUT2D eigenvalue weighted by molar-refractivity contribution is 0.0846. The van der Waals surface area contributed by atoms with E-state index < -0.39 is 0 Å². The molecule has 0 saturated heterocycles. The van der Waals surface area contributed by atoms with Crippen LogP contribution in [0.4, 0.5) is 0 Å². The van der Waals surface area contributed by atoms with E-state index in [2.05, 4.69) is 42.7 Å². The first kappa shape index (κ1) is 15.7. The van der Waals surface area contributed by atoms with Crippen LogP contribution >= 0.6 is 31.9 Å². The third-order valence-electron chi connectivity index (χ3n) is 2.83. The van der Waals surface area contributed by atoms with Crippen molar-refractivity contribution in [3.8, 4) is 0 Å². The number of halogens is 2. The molecular formula is C15H12Br2N2O2. The normalized spacial score (nSPS) is 10.0. The number of aryl methyl sites for hydroxylation is 1. The van der Waals surface area contributed by atoms with Gasteiger partial charge in [0.2, 0.25) is 0 Å². The molecule has 0 heterocycles. The van der Waals surface area contributed by atoms with E-state index >= 15 is 0 Å². The van der Waals surface area contributed by atoms with E-state index in [0.717, 1.165) is 14.5 Å². The van der Waals surface area contributed by atoms with Gasteiger partial charge in [0.1, 0.15) is 0 Å². The fourth-order valence-corrected chi connectivity index (χ4v) is 2.48. The van der Waals surface area contributed by atoms with Crippen LogP contribution in [0.3, 0.4) is 0 Å². The largest absolute Gasteiger partial charge is 0.269 e. The molecule has 2 aromatic carbocycles. The molecule has 0 aliphatic heterocycles. The van der Waals surface area contributed by atoms with Crippen molar-refractivity contribution < 1.29 is 9.59 Å². The second kappa shape index (κ2) is 6.87. The average molecular weight is 412 g/mol.